The van der Waals surface area contributed by atoms with Crippen molar-refractivity contribution < 1.29 is 107 Å². The normalized spacial score (nSPS) is 16.7. The van der Waals surface area contributed by atoms with Crippen molar-refractivity contribution in [1.29, 1.82) is 0 Å². The van der Waals surface area contributed by atoms with Crippen molar-refractivity contribution in [3.05, 3.63) is 159 Å². The fourth-order valence-corrected chi connectivity index (χ4v) is 17.3. The summed E-state index contributed by atoms with van der Waals surface area (Å²) in [6.07, 6.45) is 7.65. The highest BCUT2D eigenvalue weighted by atomic mass is 32.2. The third-order valence-corrected chi connectivity index (χ3v) is 23.7. The van der Waals surface area contributed by atoms with Gasteiger partial charge in [0.05, 0.1) is 26.7 Å². The molecule has 0 radical (unpaired) electrons. The lowest BCUT2D eigenvalue weighted by Gasteiger charge is -2.28. The van der Waals surface area contributed by atoms with E-state index in [1.165, 1.54) is 87.2 Å². The van der Waals surface area contributed by atoms with E-state index in [2.05, 4.69) is 45.5 Å². The smallest absolute Gasteiger partial charge is 0.536 e. The summed E-state index contributed by atoms with van der Waals surface area (Å²) in [5.41, 5.74) is 17.3. The number of carboxylic acids is 3. The summed E-state index contributed by atoms with van der Waals surface area (Å²) < 4.78 is 47.3. The number of amides is 1. The summed E-state index contributed by atoms with van der Waals surface area (Å²) in [7, 11) is -1.87. The number of fused-ring (bicyclic) bond motifs is 5. The molecule has 0 aliphatic carbocycles. The molecule has 5 aliphatic rings. The molecular weight excluding hydrogens is 1590 g/mol. The third kappa shape index (κ3) is 21.9. The Morgan fingerprint density at radius 2 is 0.991 bits per heavy atom. The quantitative estimate of drug-likeness (QED) is 0.0163. The molecule has 5 atom stereocenters. The number of carboxylic acid groups (broad SMARTS) is 3. The van der Waals surface area contributed by atoms with E-state index >= 15 is 0 Å². The van der Waals surface area contributed by atoms with Crippen LogP contribution in [-0.4, -0.2) is 206 Å². The van der Waals surface area contributed by atoms with E-state index in [0.29, 0.717) is 73.1 Å². The van der Waals surface area contributed by atoms with Gasteiger partial charge in [-0.25, -0.2) is 28.6 Å². The van der Waals surface area contributed by atoms with Crippen molar-refractivity contribution in [1.82, 2.24) is 54.6 Å². The Labute approximate surface area is 673 Å². The van der Waals surface area contributed by atoms with Crippen LogP contribution in [-0.2, 0) is 65.2 Å². The van der Waals surface area contributed by atoms with E-state index in [1.807, 2.05) is 50.4 Å². The topological polar surface area (TPSA) is 534 Å². The number of carbonyl (C=O) groups is 6. The molecule has 4 aromatic heterocycles. The number of carbonyl (C=O) groups excluding carboxylic acids is 3. The molecule has 0 spiro atoms. The molecule has 0 saturated carbocycles. The molecule has 47 heteroatoms. The number of aromatic nitrogens is 11. The average Bonchev–Trinajstić information content (AvgIpc) is 1.05. The monoisotopic (exact) mass is 1660 g/mol. The zero-order chi connectivity index (χ0) is 80.9. The van der Waals surface area contributed by atoms with Gasteiger partial charge in [-0.15, -0.1) is 52.6 Å². The highest BCUT2D eigenvalue weighted by molar-refractivity contribution is 8.03. The molecule has 0 bridgehead atoms. The first kappa shape index (κ1) is 87.1. The first-order valence-electron chi connectivity index (χ1n) is 33.8. The summed E-state index contributed by atoms with van der Waals surface area (Å²) in [4.78, 5) is 69.4. The van der Waals surface area contributed by atoms with Crippen LogP contribution in [0.1, 0.15) is 114 Å². The Balaban J connectivity index is 0.000000163. The predicted molar refractivity (Wildman–Crippen MR) is 423 cm³/mol. The van der Waals surface area contributed by atoms with Crippen molar-refractivity contribution in [3.63, 3.8) is 0 Å². The minimum absolute atomic E-state index is 0. The number of anilines is 1. The van der Waals surface area contributed by atoms with Crippen LogP contribution in [0.15, 0.2) is 116 Å². The summed E-state index contributed by atoms with van der Waals surface area (Å²) in [5, 5.41) is 110. The van der Waals surface area contributed by atoms with Crippen molar-refractivity contribution in [2.45, 2.75) is 138 Å². The van der Waals surface area contributed by atoms with Crippen LogP contribution in [0, 0.1) is 20.8 Å². The van der Waals surface area contributed by atoms with Gasteiger partial charge in [-0.1, -0.05) is 126 Å². The van der Waals surface area contributed by atoms with Gasteiger partial charge in [-0.3, -0.25) is 4.79 Å². The lowest BCUT2D eigenvalue weighted by atomic mass is 9.65. The molecular formula is C66H77B5N14O22S6. The Kier molecular flexibility index (Phi) is 30.3. The summed E-state index contributed by atoms with van der Waals surface area (Å²) >= 11 is 7.79. The van der Waals surface area contributed by atoms with E-state index in [1.54, 1.807) is 93.1 Å². The Morgan fingerprint density at radius 1 is 0.549 bits per heavy atom. The highest BCUT2D eigenvalue weighted by Crippen LogP contribution is 2.43. The number of nitrogens with zero attached hydrogens (tertiary/aromatic N) is 11. The van der Waals surface area contributed by atoms with Crippen LogP contribution in [0.5, 0.6) is 28.7 Å². The second-order valence-corrected chi connectivity index (χ2v) is 32.5. The van der Waals surface area contributed by atoms with Crippen molar-refractivity contribution in [3.8, 4) is 28.7 Å². The minimum atomic E-state index is -1.17. The minimum Gasteiger partial charge on any atom is -0.536 e. The van der Waals surface area contributed by atoms with Gasteiger partial charge in [0, 0.05) is 31.2 Å². The molecule has 14 rings (SSSR count). The van der Waals surface area contributed by atoms with Crippen LogP contribution in [0.4, 0.5) is 9.93 Å². The van der Waals surface area contributed by atoms with E-state index in [4.69, 9.17) is 50.1 Å². The van der Waals surface area contributed by atoms with Crippen LogP contribution >= 0.6 is 70.1 Å². The first-order valence-corrected chi connectivity index (χ1v) is 39.4. The lowest BCUT2D eigenvalue weighted by Crippen LogP contribution is -2.41. The fourth-order valence-electron chi connectivity index (χ4n) is 11.7. The maximum Gasteiger partial charge on any atom is 0.537 e. The number of ether oxygens (including phenoxy) is 3. The Morgan fingerprint density at radius 3 is 1.44 bits per heavy atom. The summed E-state index contributed by atoms with van der Waals surface area (Å²) in [6, 6.07) is 21.6. The van der Waals surface area contributed by atoms with Gasteiger partial charge >= 0.3 is 65.6 Å². The highest BCUT2D eigenvalue weighted by Gasteiger charge is 2.44. The molecule has 5 aliphatic heterocycles. The van der Waals surface area contributed by atoms with Crippen LogP contribution in [0.3, 0.4) is 0 Å². The molecule has 9 heterocycles. The number of para-hydroxylation sites is 2. The number of benzene rings is 5. The van der Waals surface area contributed by atoms with Crippen LogP contribution in [0.25, 0.3) is 0 Å². The third-order valence-electron chi connectivity index (χ3n) is 17.1. The molecule has 5 aromatic carbocycles. The van der Waals surface area contributed by atoms with Gasteiger partial charge in [0.1, 0.15) is 70.0 Å². The fraction of sp³-hybridized carbons (Fsp3) is 0.333. The SMILES string of the molecule is C.CC(C)OC(=O)OCOC(=O)c1cccc2c1OB(O)[C@@H](Sc1nncn1C)C2.CSc1ccc2c(c1C(=O)O)OB(O)[C@@H](Sc1nncn1N)C2.Cc1ccc2c(c1C(=O)O)OB(O)[C@@H](Sc1nnc(N)s1)C2.Cc1ccc2c(c1C(=O)O)OB(O)[C@@H](Sc1nncn1C)C2.Cc1cccc2c1OB(O)C(CC(N)=O)C2. The largest absolute Gasteiger partial charge is 0.537 e. The second-order valence-electron chi connectivity index (χ2n) is 25.5. The van der Waals surface area contributed by atoms with Gasteiger partial charge in [-0.2, -0.15) is 0 Å². The maximum atomic E-state index is 12.4. The molecule has 594 valence electrons. The zero-order valence-corrected chi connectivity index (χ0v) is 65.8. The number of nitrogens with two attached hydrogens (primary N) is 3. The predicted octanol–water partition coefficient (Wildman–Crippen LogP) is 5.61. The van der Waals surface area contributed by atoms with Crippen molar-refractivity contribution >= 4 is 147 Å². The Hall–Kier alpha value is -9.83. The second kappa shape index (κ2) is 39.3. The van der Waals surface area contributed by atoms with Gasteiger partial charge in [0.15, 0.2) is 14.7 Å². The number of rotatable bonds is 18. The standard InChI is InChI=1S/C17H20BN3O7S.C13H14BN3O4S.C12H13BN4O4S2.C12H12BN3O4S2.C11H14BNO3.CH4/c1-10(2)27-17(23)26-9-25-15(22)12-6-4-5-11-7-13(18(24)28-14(11)12)29-16-20-19-8-21(16)3;1-7-3-4-8-5-9(22-13-16-15-6-17(13)2)14(20)21-11(8)10(7)12(18)19;1-22-7-3-2-6-4-8(23-12-16-15-5-17(12)14)13(20)21-10(6)9(7)11(18)19;1-5-2-3-6-4-7(21-12-16-15-11(14)22-12)13(19)20-9(6)8(5)10(17)18;1-7-3-2-4-8-5-9(6-10(13)14)12(15)16-11(7)8;/h4-6,8,10,13,24H,7,9H2,1-3H3;3-4,6,9,20H,5H2,1-2H3,(H,18,19);2-3,5,8,20H,4,14H2,1H3,(H,18,19);2-3,7,19H,4H2,1H3,(H2,14,15)(H,17,18);2-4,9,15H,5-6H2,1H3,(H2,13,14);1H4/t13-;9-;8-;7-;;/m0000../s1. The van der Waals surface area contributed by atoms with Gasteiger partial charge in [-0.05, 0) is 130 Å². The number of thioether (sulfide) groups is 5. The lowest BCUT2D eigenvalue weighted by molar-refractivity contribution is -0.118. The van der Waals surface area contributed by atoms with Crippen LogP contribution < -0.4 is 40.6 Å². The number of nitrogen functional groups attached to an aromatic ring is 2. The number of primary amides is 1. The summed E-state index contributed by atoms with van der Waals surface area (Å²) in [5.74, 6) is 2.77. The number of esters is 1. The van der Waals surface area contributed by atoms with Gasteiger partial charge in [0.2, 0.25) is 23.0 Å². The average molecular weight is 1660 g/mol. The summed E-state index contributed by atoms with van der Waals surface area (Å²) in [6.45, 7) is 8.08. The van der Waals surface area contributed by atoms with Gasteiger partial charge in [0.25, 0.3) is 0 Å². The molecule has 14 N–H and O–H groups in total. The van der Waals surface area contributed by atoms with E-state index < -0.39 is 78.3 Å². The molecule has 0 fully saturated rings. The zero-order valence-electron chi connectivity index (χ0n) is 60.9. The molecule has 9 aromatic rings. The first-order chi connectivity index (χ1) is 53.4. The number of hydrogen-bond donors (Lipinski definition) is 11. The van der Waals surface area contributed by atoms with E-state index in [9.17, 15) is 69.2 Å². The van der Waals surface area contributed by atoms with E-state index in [0.717, 1.165) is 39.1 Å². The number of aromatic carboxylic acids is 3. The van der Waals surface area contributed by atoms with Crippen LogP contribution in [0.2, 0.25) is 5.82 Å². The van der Waals surface area contributed by atoms with Crippen molar-refractivity contribution in [2.24, 2.45) is 19.8 Å². The van der Waals surface area contributed by atoms with E-state index in [-0.39, 0.29) is 91.6 Å². The molecule has 1 unspecified atom stereocenters. The number of hydrogen-bond acceptors (Lipinski definition) is 35. The van der Waals surface area contributed by atoms with Crippen molar-refractivity contribution in [2.75, 3.05) is 24.6 Å². The number of aryl methyl sites for hydroxylation is 5. The molecule has 113 heavy (non-hydrogen) atoms. The molecule has 36 nitrogen and oxygen atoms in total. The maximum absolute atomic E-state index is 12.4. The molecule has 1 amide bonds. The van der Waals surface area contributed by atoms with Gasteiger partial charge < -0.3 is 104 Å². The molecule has 0 saturated heterocycles. The Bertz CT molecular complexity index is 4920.